The van der Waals surface area contributed by atoms with E-state index < -0.39 is 17.6 Å². The van der Waals surface area contributed by atoms with E-state index in [-0.39, 0.29) is 10.7 Å². The van der Waals surface area contributed by atoms with Crippen LogP contribution in [-0.4, -0.2) is 21.9 Å². The molecule has 0 aliphatic carbocycles. The van der Waals surface area contributed by atoms with Crippen LogP contribution < -0.4 is 16.2 Å². The first-order valence-corrected chi connectivity index (χ1v) is 6.54. The summed E-state index contributed by atoms with van der Waals surface area (Å²) in [7, 11) is 0. The van der Waals surface area contributed by atoms with Crippen molar-refractivity contribution in [2.75, 3.05) is 0 Å². The SMILES string of the molecule is O=C(NNC(=S)NC(=O)c1cccnc1)c1ccc(F)cc1. The molecule has 0 aliphatic rings. The number of hydrogen-bond donors (Lipinski definition) is 3. The summed E-state index contributed by atoms with van der Waals surface area (Å²) < 4.78 is 12.7. The third-order valence-corrected chi connectivity index (χ3v) is 2.75. The molecule has 2 rings (SSSR count). The molecule has 112 valence electrons. The van der Waals surface area contributed by atoms with Crippen molar-refractivity contribution in [3.8, 4) is 0 Å². The lowest BCUT2D eigenvalue weighted by Gasteiger charge is -2.10. The van der Waals surface area contributed by atoms with Crippen LogP contribution in [0, 0.1) is 5.82 Å². The Bertz CT molecular complexity index is 692. The summed E-state index contributed by atoms with van der Waals surface area (Å²) in [5, 5.41) is 2.30. The molecule has 8 heteroatoms. The minimum atomic E-state index is -0.516. The standard InChI is InChI=1S/C14H11FN4O2S/c15-11-5-3-9(4-6-11)13(21)18-19-14(22)17-12(20)10-2-1-7-16-8-10/h1-8H,(H,18,21)(H2,17,19,20,22). The lowest BCUT2D eigenvalue weighted by atomic mass is 10.2. The molecule has 0 spiro atoms. The fourth-order valence-electron chi connectivity index (χ4n) is 1.49. The van der Waals surface area contributed by atoms with E-state index in [1.807, 2.05) is 0 Å². The Balaban J connectivity index is 1.84. The average Bonchev–Trinajstić information content (AvgIpc) is 2.54. The Morgan fingerprint density at radius 1 is 1.00 bits per heavy atom. The van der Waals surface area contributed by atoms with Crippen LogP contribution in [0.25, 0.3) is 0 Å². The van der Waals surface area contributed by atoms with E-state index in [9.17, 15) is 14.0 Å². The van der Waals surface area contributed by atoms with Gasteiger partial charge in [0.15, 0.2) is 5.11 Å². The number of rotatable bonds is 2. The Hall–Kier alpha value is -2.87. The van der Waals surface area contributed by atoms with Gasteiger partial charge in [-0.2, -0.15) is 0 Å². The van der Waals surface area contributed by atoms with E-state index >= 15 is 0 Å². The van der Waals surface area contributed by atoms with Crippen molar-refractivity contribution < 1.29 is 14.0 Å². The number of aromatic nitrogens is 1. The highest BCUT2D eigenvalue weighted by Crippen LogP contribution is 2.01. The quantitative estimate of drug-likeness (QED) is 0.572. The number of nitrogens with zero attached hydrogens (tertiary/aromatic N) is 1. The molecule has 0 bridgehead atoms. The van der Waals surface area contributed by atoms with Crippen LogP contribution in [0.4, 0.5) is 4.39 Å². The van der Waals surface area contributed by atoms with Gasteiger partial charge < -0.3 is 0 Å². The van der Waals surface area contributed by atoms with Crippen molar-refractivity contribution in [3.05, 3.63) is 65.7 Å². The van der Waals surface area contributed by atoms with Crippen molar-refractivity contribution >= 4 is 29.1 Å². The van der Waals surface area contributed by atoms with Gasteiger partial charge >= 0.3 is 0 Å². The minimum Gasteiger partial charge on any atom is -0.298 e. The van der Waals surface area contributed by atoms with Crippen molar-refractivity contribution in [2.45, 2.75) is 0 Å². The molecule has 2 amide bonds. The smallest absolute Gasteiger partial charge is 0.269 e. The molecule has 0 radical (unpaired) electrons. The van der Waals surface area contributed by atoms with Crippen LogP contribution in [0.3, 0.4) is 0 Å². The number of nitrogens with one attached hydrogen (secondary N) is 3. The summed E-state index contributed by atoms with van der Waals surface area (Å²) in [6.45, 7) is 0. The largest absolute Gasteiger partial charge is 0.298 e. The first kappa shape index (κ1) is 15.5. The van der Waals surface area contributed by atoms with Crippen molar-refractivity contribution in [1.82, 2.24) is 21.2 Å². The molecule has 0 atom stereocenters. The van der Waals surface area contributed by atoms with Crippen LogP contribution in [0.1, 0.15) is 20.7 Å². The highest BCUT2D eigenvalue weighted by molar-refractivity contribution is 7.80. The van der Waals surface area contributed by atoms with Gasteiger partial charge in [-0.25, -0.2) is 4.39 Å². The molecule has 6 nitrogen and oxygen atoms in total. The number of hydrogen-bond acceptors (Lipinski definition) is 4. The molecular weight excluding hydrogens is 307 g/mol. The molecule has 0 fully saturated rings. The lowest BCUT2D eigenvalue weighted by molar-refractivity contribution is 0.0934. The molecule has 0 saturated heterocycles. The van der Waals surface area contributed by atoms with Gasteiger partial charge in [-0.15, -0.1) is 0 Å². The monoisotopic (exact) mass is 318 g/mol. The second-order valence-electron chi connectivity index (χ2n) is 4.11. The summed E-state index contributed by atoms with van der Waals surface area (Å²) in [6.07, 6.45) is 2.92. The third kappa shape index (κ3) is 4.32. The third-order valence-electron chi connectivity index (χ3n) is 2.55. The van der Waals surface area contributed by atoms with Crippen molar-refractivity contribution in [3.63, 3.8) is 0 Å². The average molecular weight is 318 g/mol. The number of carbonyl (C=O) groups excluding carboxylic acids is 2. The maximum Gasteiger partial charge on any atom is 0.269 e. The van der Waals surface area contributed by atoms with Gasteiger partial charge in [-0.1, -0.05) is 0 Å². The Morgan fingerprint density at radius 3 is 2.36 bits per heavy atom. The summed E-state index contributed by atoms with van der Waals surface area (Å²) in [5.74, 6) is -1.41. The highest BCUT2D eigenvalue weighted by Gasteiger charge is 2.09. The van der Waals surface area contributed by atoms with E-state index in [4.69, 9.17) is 12.2 Å². The zero-order chi connectivity index (χ0) is 15.9. The first-order valence-electron chi connectivity index (χ1n) is 6.13. The number of hydrazine groups is 1. The van der Waals surface area contributed by atoms with Gasteiger partial charge in [0, 0.05) is 18.0 Å². The van der Waals surface area contributed by atoms with Crippen LogP contribution in [-0.2, 0) is 0 Å². The van der Waals surface area contributed by atoms with E-state index in [1.165, 1.54) is 24.5 Å². The Kier molecular flexibility index (Phi) is 5.10. The van der Waals surface area contributed by atoms with E-state index in [2.05, 4.69) is 21.2 Å². The Morgan fingerprint density at radius 2 is 1.73 bits per heavy atom. The predicted octanol–water partition coefficient (Wildman–Crippen LogP) is 1.17. The first-order chi connectivity index (χ1) is 10.6. The number of thiocarbonyl (C=S) groups is 1. The summed E-state index contributed by atoms with van der Waals surface area (Å²) in [4.78, 5) is 27.3. The fraction of sp³-hybridized carbons (Fsp3) is 0. The van der Waals surface area contributed by atoms with Gasteiger partial charge in [-0.05, 0) is 48.6 Å². The molecule has 22 heavy (non-hydrogen) atoms. The summed E-state index contributed by atoms with van der Waals surface area (Å²) in [6, 6.07) is 8.16. The number of benzene rings is 1. The summed E-state index contributed by atoms with van der Waals surface area (Å²) in [5.41, 5.74) is 5.25. The van der Waals surface area contributed by atoms with Crippen LogP contribution in [0.5, 0.6) is 0 Å². The van der Waals surface area contributed by atoms with E-state index in [0.29, 0.717) is 5.56 Å². The van der Waals surface area contributed by atoms with Crippen LogP contribution >= 0.6 is 12.2 Å². The van der Waals surface area contributed by atoms with E-state index in [1.54, 1.807) is 12.1 Å². The normalized spacial score (nSPS) is 9.68. The van der Waals surface area contributed by atoms with Crippen LogP contribution in [0.2, 0.25) is 0 Å². The van der Waals surface area contributed by atoms with Gasteiger partial charge in [0.05, 0.1) is 5.56 Å². The van der Waals surface area contributed by atoms with Crippen molar-refractivity contribution in [1.29, 1.82) is 0 Å². The molecule has 1 aromatic heterocycles. The van der Waals surface area contributed by atoms with Crippen LogP contribution in [0.15, 0.2) is 48.8 Å². The maximum absolute atomic E-state index is 12.7. The second-order valence-corrected chi connectivity index (χ2v) is 4.52. The van der Waals surface area contributed by atoms with Gasteiger partial charge in [0.1, 0.15) is 5.82 Å². The molecule has 3 N–H and O–H groups in total. The number of amides is 2. The molecule has 0 unspecified atom stereocenters. The number of pyridine rings is 1. The minimum absolute atomic E-state index is 0.0793. The van der Waals surface area contributed by atoms with Gasteiger partial charge in [0.25, 0.3) is 11.8 Å². The van der Waals surface area contributed by atoms with Gasteiger partial charge in [0.2, 0.25) is 0 Å². The van der Waals surface area contributed by atoms with Gasteiger partial charge in [-0.3, -0.25) is 30.7 Å². The zero-order valence-corrected chi connectivity index (χ0v) is 12.0. The zero-order valence-electron chi connectivity index (χ0n) is 11.2. The lowest BCUT2D eigenvalue weighted by Crippen LogP contribution is -2.48. The van der Waals surface area contributed by atoms with Crippen molar-refractivity contribution in [2.24, 2.45) is 0 Å². The molecule has 1 aromatic carbocycles. The number of carbonyl (C=O) groups is 2. The second kappa shape index (κ2) is 7.23. The molecule has 0 aliphatic heterocycles. The molecule has 0 saturated carbocycles. The maximum atomic E-state index is 12.7. The molecule has 1 heterocycles. The Labute approximate surface area is 130 Å². The molecular formula is C14H11FN4O2S. The predicted molar refractivity (Wildman–Crippen MR) is 81.3 cm³/mol. The topological polar surface area (TPSA) is 83.1 Å². The highest BCUT2D eigenvalue weighted by atomic mass is 32.1. The van der Waals surface area contributed by atoms with E-state index in [0.717, 1.165) is 12.1 Å². The number of halogens is 1. The fourth-order valence-corrected chi connectivity index (χ4v) is 1.63. The molecule has 2 aromatic rings. The summed E-state index contributed by atoms with van der Waals surface area (Å²) >= 11 is 4.88.